The first kappa shape index (κ1) is 26.5. The minimum absolute atomic E-state index is 0.0627. The van der Waals surface area contributed by atoms with Crippen molar-refractivity contribution in [3.05, 3.63) is 65.2 Å². The van der Waals surface area contributed by atoms with Gasteiger partial charge in [-0.3, -0.25) is 4.79 Å². The number of carbonyl (C=O) groups excluding carboxylic acids is 2. The van der Waals surface area contributed by atoms with Gasteiger partial charge in [0.2, 0.25) is 10.0 Å². The van der Waals surface area contributed by atoms with Crippen LogP contribution in [0.5, 0.6) is 0 Å². The van der Waals surface area contributed by atoms with E-state index in [0.717, 1.165) is 5.56 Å². The largest absolute Gasteiger partial charge is 0.449 e. The summed E-state index contributed by atoms with van der Waals surface area (Å²) in [6.07, 6.45) is -0.937. The van der Waals surface area contributed by atoms with Crippen LogP contribution in [0, 0.1) is 0 Å². The Bertz CT molecular complexity index is 1080. The summed E-state index contributed by atoms with van der Waals surface area (Å²) < 4.78 is 33.0. The molecule has 0 aliphatic rings. The van der Waals surface area contributed by atoms with Crippen LogP contribution < -0.4 is 10.0 Å². The minimum atomic E-state index is -3.67. The molecule has 0 bridgehead atoms. The summed E-state index contributed by atoms with van der Waals surface area (Å²) >= 11 is 0. The molecule has 1 unspecified atom stereocenters. The summed E-state index contributed by atoms with van der Waals surface area (Å²) in [6.45, 7) is 13.3. The molecule has 0 heterocycles. The molecule has 1 atom stereocenters. The van der Waals surface area contributed by atoms with Gasteiger partial charge in [-0.05, 0) is 68.5 Å². The molecule has 0 aliphatic carbocycles. The molecule has 0 saturated heterocycles. The Kier molecular flexibility index (Phi) is 8.09. The maximum Gasteiger partial charge on any atom is 0.338 e. The third kappa shape index (κ3) is 7.98. The van der Waals surface area contributed by atoms with E-state index in [4.69, 9.17) is 4.74 Å². The van der Waals surface area contributed by atoms with Crippen LogP contribution in [-0.4, -0.2) is 31.9 Å². The van der Waals surface area contributed by atoms with Gasteiger partial charge in [-0.1, -0.05) is 45.0 Å². The second kappa shape index (κ2) is 10.1. The van der Waals surface area contributed by atoms with Gasteiger partial charge in [0.15, 0.2) is 6.10 Å². The van der Waals surface area contributed by atoms with Crippen molar-refractivity contribution in [1.29, 1.82) is 0 Å². The van der Waals surface area contributed by atoms with Crippen LogP contribution in [0.15, 0.2) is 53.4 Å². The molecule has 7 nitrogen and oxygen atoms in total. The Morgan fingerprint density at radius 1 is 0.909 bits per heavy atom. The Labute approximate surface area is 197 Å². The van der Waals surface area contributed by atoms with Gasteiger partial charge in [0.25, 0.3) is 5.91 Å². The van der Waals surface area contributed by atoms with Gasteiger partial charge in [0.05, 0.1) is 10.5 Å². The second-order valence-corrected chi connectivity index (χ2v) is 11.8. The quantitative estimate of drug-likeness (QED) is 0.592. The van der Waals surface area contributed by atoms with E-state index in [1.54, 1.807) is 36.4 Å². The normalized spacial score (nSPS) is 13.3. The molecule has 2 N–H and O–H groups in total. The number of rotatable bonds is 7. The zero-order chi connectivity index (χ0) is 25.0. The monoisotopic (exact) mass is 474 g/mol. The van der Waals surface area contributed by atoms with Gasteiger partial charge in [0.1, 0.15) is 0 Å². The van der Waals surface area contributed by atoms with Crippen molar-refractivity contribution in [1.82, 2.24) is 10.0 Å². The fraction of sp³-hybridized carbons (Fsp3) is 0.440. The number of sulfonamides is 1. The molecular formula is C25H34N2O5S. The van der Waals surface area contributed by atoms with Crippen molar-refractivity contribution >= 4 is 21.9 Å². The van der Waals surface area contributed by atoms with Gasteiger partial charge < -0.3 is 10.1 Å². The fourth-order valence-corrected chi connectivity index (χ4v) is 3.93. The molecule has 0 aromatic heterocycles. The Balaban J connectivity index is 1.97. The lowest BCUT2D eigenvalue weighted by Crippen LogP contribution is -2.46. The Morgan fingerprint density at radius 3 is 1.94 bits per heavy atom. The molecule has 0 fully saturated rings. The van der Waals surface area contributed by atoms with E-state index in [2.05, 4.69) is 30.8 Å². The van der Waals surface area contributed by atoms with Gasteiger partial charge >= 0.3 is 5.97 Å². The second-order valence-electron chi connectivity index (χ2n) is 10.1. The molecule has 33 heavy (non-hydrogen) atoms. The van der Waals surface area contributed by atoms with Crippen LogP contribution >= 0.6 is 0 Å². The molecule has 8 heteroatoms. The zero-order valence-electron chi connectivity index (χ0n) is 20.4. The lowest BCUT2D eigenvalue weighted by molar-refractivity contribution is -0.130. The summed E-state index contributed by atoms with van der Waals surface area (Å²) in [5.74, 6) is -1.00. The van der Waals surface area contributed by atoms with E-state index in [0.29, 0.717) is 5.56 Å². The number of amides is 1. The summed E-state index contributed by atoms with van der Waals surface area (Å²) in [4.78, 5) is 24.6. The highest BCUT2D eigenvalue weighted by Crippen LogP contribution is 2.23. The topological polar surface area (TPSA) is 102 Å². The Morgan fingerprint density at radius 2 is 1.45 bits per heavy atom. The first-order valence-corrected chi connectivity index (χ1v) is 12.3. The molecule has 1 amide bonds. The van der Waals surface area contributed by atoms with Crippen LogP contribution in [0.25, 0.3) is 0 Å². The SMILES string of the molecule is CC(OC(=O)c1ccc(CNS(=O)(=O)c2ccc(C(C)(C)C)cc2)cc1)C(=O)NC(C)(C)C. The average molecular weight is 475 g/mol. The van der Waals surface area contributed by atoms with Crippen molar-refractivity contribution < 1.29 is 22.7 Å². The predicted molar refractivity (Wildman–Crippen MR) is 128 cm³/mol. The molecule has 0 spiro atoms. The third-order valence-corrected chi connectivity index (χ3v) is 6.25. The molecule has 0 saturated carbocycles. The highest BCUT2D eigenvalue weighted by atomic mass is 32.2. The van der Waals surface area contributed by atoms with Gasteiger partial charge in [-0.2, -0.15) is 0 Å². The van der Waals surface area contributed by atoms with E-state index in [9.17, 15) is 18.0 Å². The lowest BCUT2D eigenvalue weighted by atomic mass is 9.87. The number of benzene rings is 2. The van der Waals surface area contributed by atoms with Crippen molar-refractivity contribution in [2.45, 2.75) is 77.0 Å². The molecule has 0 aliphatic heterocycles. The van der Waals surface area contributed by atoms with E-state index < -0.39 is 27.6 Å². The van der Waals surface area contributed by atoms with Gasteiger partial charge in [-0.15, -0.1) is 0 Å². The summed E-state index contributed by atoms with van der Waals surface area (Å²) in [5, 5.41) is 2.76. The number of hydrogen-bond acceptors (Lipinski definition) is 5. The molecule has 2 aromatic rings. The Hall–Kier alpha value is -2.71. The van der Waals surface area contributed by atoms with Gasteiger partial charge in [0, 0.05) is 12.1 Å². The van der Waals surface area contributed by atoms with Crippen LogP contribution in [0.3, 0.4) is 0 Å². The number of ether oxygens (including phenoxy) is 1. The van der Waals surface area contributed by atoms with Crippen molar-refractivity contribution in [2.75, 3.05) is 0 Å². The number of esters is 1. The van der Waals surface area contributed by atoms with Crippen molar-refractivity contribution in [3.63, 3.8) is 0 Å². The standard InChI is InChI=1S/C25H34N2O5S/c1-17(22(28)27-25(5,6)7)32-23(29)19-10-8-18(9-11-19)16-26-33(30,31)21-14-12-20(13-15-21)24(2,3)4/h8-15,17,26H,16H2,1-7H3,(H,27,28). The lowest BCUT2D eigenvalue weighted by Gasteiger charge is -2.23. The highest BCUT2D eigenvalue weighted by molar-refractivity contribution is 7.89. The van der Waals surface area contributed by atoms with E-state index in [-0.39, 0.29) is 28.3 Å². The molecular weight excluding hydrogens is 440 g/mol. The smallest absolute Gasteiger partial charge is 0.338 e. The fourth-order valence-electron chi connectivity index (χ4n) is 2.91. The molecule has 2 rings (SSSR count). The number of hydrogen-bond donors (Lipinski definition) is 2. The summed E-state index contributed by atoms with van der Waals surface area (Å²) in [6, 6.07) is 13.2. The number of nitrogens with one attached hydrogen (secondary N) is 2. The average Bonchev–Trinajstić information content (AvgIpc) is 2.71. The van der Waals surface area contributed by atoms with Crippen molar-refractivity contribution in [3.8, 4) is 0 Å². The van der Waals surface area contributed by atoms with E-state index in [1.165, 1.54) is 6.92 Å². The molecule has 180 valence electrons. The van der Waals surface area contributed by atoms with Crippen LogP contribution in [0.4, 0.5) is 0 Å². The minimum Gasteiger partial charge on any atom is -0.449 e. The first-order valence-electron chi connectivity index (χ1n) is 10.8. The number of carbonyl (C=O) groups is 2. The maximum absolute atomic E-state index is 12.6. The van der Waals surface area contributed by atoms with Crippen LogP contribution in [0.2, 0.25) is 0 Å². The van der Waals surface area contributed by atoms with E-state index in [1.807, 2.05) is 32.9 Å². The van der Waals surface area contributed by atoms with Crippen molar-refractivity contribution in [2.24, 2.45) is 0 Å². The van der Waals surface area contributed by atoms with Crippen LogP contribution in [0.1, 0.15) is 70.0 Å². The summed E-state index contributed by atoms with van der Waals surface area (Å²) in [7, 11) is -3.67. The maximum atomic E-state index is 12.6. The summed E-state index contributed by atoms with van der Waals surface area (Å²) in [5.41, 5.74) is 1.51. The molecule has 2 aromatic carbocycles. The first-order chi connectivity index (χ1) is 15.1. The van der Waals surface area contributed by atoms with Crippen LogP contribution in [-0.2, 0) is 31.5 Å². The highest BCUT2D eigenvalue weighted by Gasteiger charge is 2.23. The predicted octanol–water partition coefficient (Wildman–Crippen LogP) is 3.92. The van der Waals surface area contributed by atoms with E-state index >= 15 is 0 Å². The molecule has 0 radical (unpaired) electrons. The zero-order valence-corrected chi connectivity index (χ0v) is 21.2. The third-order valence-electron chi connectivity index (χ3n) is 4.84. The van der Waals surface area contributed by atoms with Gasteiger partial charge in [-0.25, -0.2) is 17.9 Å².